The lowest BCUT2D eigenvalue weighted by atomic mass is 10.2. The number of anilines is 1. The van der Waals surface area contributed by atoms with Crippen molar-refractivity contribution in [2.24, 2.45) is 10.8 Å². The summed E-state index contributed by atoms with van der Waals surface area (Å²) >= 11 is 5.99. The Labute approximate surface area is 193 Å². The zero-order chi connectivity index (χ0) is 23.8. The maximum Gasteiger partial charge on any atom is 0.329 e. The number of benzene rings is 3. The molecule has 10 heteroatoms. The minimum absolute atomic E-state index is 0.0660. The van der Waals surface area contributed by atoms with Gasteiger partial charge in [0, 0.05) is 16.8 Å². The van der Waals surface area contributed by atoms with Gasteiger partial charge in [-0.2, -0.15) is 5.10 Å². The molecule has 0 radical (unpaired) electrons. The largest absolute Gasteiger partial charge is 0.489 e. The molecule has 4 N–H and O–H groups in total. The fourth-order valence-corrected chi connectivity index (χ4v) is 2.85. The van der Waals surface area contributed by atoms with Crippen LogP contribution < -0.4 is 21.2 Å². The lowest BCUT2D eigenvalue weighted by Crippen LogP contribution is -2.32. The standard InChI is InChI=1S/C23H18ClFN4O4/c24-19-5-2-6-20(25)18(19)13-33-17-4-1-3-14(11-17)12-27-29-23(32)22(31)28-16-9-7-15(8-10-16)21(26)30/h1-12H,13H2,(H2,26,30)(H,28,31)(H,29,32)/b27-12+. The van der Waals surface area contributed by atoms with Crippen LogP contribution in [0.1, 0.15) is 21.5 Å². The molecule has 0 unspecified atom stereocenters. The number of nitrogens with zero attached hydrogens (tertiary/aromatic N) is 1. The number of hydrogen-bond acceptors (Lipinski definition) is 5. The van der Waals surface area contributed by atoms with Gasteiger partial charge in [0.2, 0.25) is 5.91 Å². The average molecular weight is 469 g/mol. The van der Waals surface area contributed by atoms with Crippen molar-refractivity contribution < 1.29 is 23.5 Å². The summed E-state index contributed by atoms with van der Waals surface area (Å²) in [6.07, 6.45) is 1.32. The minimum atomic E-state index is -0.994. The van der Waals surface area contributed by atoms with Crippen molar-refractivity contribution in [3.8, 4) is 5.75 Å². The van der Waals surface area contributed by atoms with E-state index in [0.29, 0.717) is 17.0 Å². The zero-order valence-electron chi connectivity index (χ0n) is 17.0. The number of hydrazone groups is 1. The van der Waals surface area contributed by atoms with Crippen LogP contribution in [0.4, 0.5) is 10.1 Å². The molecule has 3 rings (SSSR count). The van der Waals surface area contributed by atoms with Crippen LogP contribution in [0.2, 0.25) is 5.02 Å². The number of carbonyl (C=O) groups excluding carboxylic acids is 3. The SMILES string of the molecule is NC(=O)c1ccc(NC(=O)C(=O)N/N=C/c2cccc(OCc3c(F)cccc3Cl)c2)cc1. The van der Waals surface area contributed by atoms with Crippen molar-refractivity contribution >= 4 is 41.2 Å². The molecule has 0 aromatic heterocycles. The van der Waals surface area contributed by atoms with E-state index in [1.54, 1.807) is 30.3 Å². The van der Waals surface area contributed by atoms with Crippen molar-refractivity contribution in [1.82, 2.24) is 5.43 Å². The summed E-state index contributed by atoms with van der Waals surface area (Å²) in [7, 11) is 0. The highest BCUT2D eigenvalue weighted by Crippen LogP contribution is 2.21. The third kappa shape index (κ3) is 6.62. The Morgan fingerprint density at radius 3 is 2.45 bits per heavy atom. The predicted molar refractivity (Wildman–Crippen MR) is 122 cm³/mol. The van der Waals surface area contributed by atoms with Gasteiger partial charge in [0.15, 0.2) is 0 Å². The number of halogens is 2. The van der Waals surface area contributed by atoms with Crippen LogP contribution >= 0.6 is 11.6 Å². The Hall–Kier alpha value is -4.24. The van der Waals surface area contributed by atoms with E-state index in [4.69, 9.17) is 22.1 Å². The quantitative estimate of drug-likeness (QED) is 0.280. The molecule has 3 aromatic carbocycles. The highest BCUT2D eigenvalue weighted by Gasteiger charge is 2.13. The minimum Gasteiger partial charge on any atom is -0.489 e. The number of rotatable bonds is 7. The summed E-state index contributed by atoms with van der Waals surface area (Å²) in [4.78, 5) is 34.9. The molecule has 0 aliphatic heterocycles. The molecule has 0 saturated carbocycles. The lowest BCUT2D eigenvalue weighted by molar-refractivity contribution is -0.136. The number of amides is 3. The fourth-order valence-electron chi connectivity index (χ4n) is 2.63. The van der Waals surface area contributed by atoms with Crippen LogP contribution in [-0.4, -0.2) is 23.9 Å². The summed E-state index contributed by atoms with van der Waals surface area (Å²) in [6, 6.07) is 16.8. The van der Waals surface area contributed by atoms with Crippen molar-refractivity contribution in [3.05, 3.63) is 94.3 Å². The normalized spacial score (nSPS) is 10.6. The molecule has 0 bridgehead atoms. The number of primary amides is 1. The van der Waals surface area contributed by atoms with E-state index in [2.05, 4.69) is 15.8 Å². The summed E-state index contributed by atoms with van der Waals surface area (Å²) < 4.78 is 19.4. The highest BCUT2D eigenvalue weighted by molar-refractivity contribution is 6.39. The molecule has 0 atom stereocenters. The third-order valence-electron chi connectivity index (χ3n) is 4.32. The molecule has 0 aliphatic rings. The summed E-state index contributed by atoms with van der Waals surface area (Å²) in [5, 5.41) is 6.38. The van der Waals surface area contributed by atoms with E-state index in [0.717, 1.165) is 0 Å². The topological polar surface area (TPSA) is 123 Å². The van der Waals surface area contributed by atoms with Crippen molar-refractivity contribution in [1.29, 1.82) is 0 Å². The molecular weight excluding hydrogens is 451 g/mol. The number of nitrogens with one attached hydrogen (secondary N) is 2. The molecule has 3 aromatic rings. The van der Waals surface area contributed by atoms with Crippen LogP contribution in [0.5, 0.6) is 5.75 Å². The number of nitrogens with two attached hydrogens (primary N) is 1. The van der Waals surface area contributed by atoms with Crippen molar-refractivity contribution in [2.45, 2.75) is 6.61 Å². The number of carbonyl (C=O) groups is 3. The van der Waals surface area contributed by atoms with Gasteiger partial charge in [-0.05, 0) is 54.1 Å². The smallest absolute Gasteiger partial charge is 0.329 e. The fraction of sp³-hybridized carbons (Fsp3) is 0.0435. The molecule has 0 fully saturated rings. The van der Waals surface area contributed by atoms with E-state index in [1.165, 1.54) is 42.6 Å². The van der Waals surface area contributed by atoms with Gasteiger partial charge in [-0.3, -0.25) is 14.4 Å². The Morgan fingerprint density at radius 1 is 1.03 bits per heavy atom. The summed E-state index contributed by atoms with van der Waals surface area (Å²) in [6.45, 7) is -0.0660. The first-order chi connectivity index (χ1) is 15.8. The molecule has 168 valence electrons. The van der Waals surface area contributed by atoms with E-state index >= 15 is 0 Å². The molecular formula is C23H18ClFN4O4. The lowest BCUT2D eigenvalue weighted by Gasteiger charge is -2.09. The van der Waals surface area contributed by atoms with Crippen molar-refractivity contribution in [3.63, 3.8) is 0 Å². The van der Waals surface area contributed by atoms with E-state index < -0.39 is 23.5 Å². The van der Waals surface area contributed by atoms with Gasteiger partial charge < -0.3 is 15.8 Å². The Bertz CT molecular complexity index is 1200. The average Bonchev–Trinajstić information content (AvgIpc) is 2.79. The van der Waals surface area contributed by atoms with Crippen LogP contribution in [0.3, 0.4) is 0 Å². The second-order valence-electron chi connectivity index (χ2n) is 6.66. The molecule has 33 heavy (non-hydrogen) atoms. The maximum absolute atomic E-state index is 13.9. The molecule has 0 saturated heterocycles. The van der Waals surface area contributed by atoms with Gasteiger partial charge in [-0.25, -0.2) is 9.82 Å². The Kier molecular flexibility index (Phi) is 7.72. The van der Waals surface area contributed by atoms with Gasteiger partial charge in [0.1, 0.15) is 18.2 Å². The second kappa shape index (κ2) is 10.9. The maximum atomic E-state index is 13.9. The first-order valence-corrected chi connectivity index (χ1v) is 9.91. The monoisotopic (exact) mass is 468 g/mol. The van der Waals surface area contributed by atoms with Crippen LogP contribution in [0.15, 0.2) is 71.8 Å². The number of ether oxygens (including phenoxy) is 1. The Morgan fingerprint density at radius 2 is 1.76 bits per heavy atom. The predicted octanol–water partition coefficient (Wildman–Crippen LogP) is 3.25. The number of hydrogen-bond donors (Lipinski definition) is 3. The van der Waals surface area contributed by atoms with E-state index in [9.17, 15) is 18.8 Å². The molecule has 0 aliphatic carbocycles. The Balaban J connectivity index is 1.53. The molecule has 0 spiro atoms. The first-order valence-electron chi connectivity index (χ1n) is 9.53. The van der Waals surface area contributed by atoms with E-state index in [-0.39, 0.29) is 22.8 Å². The van der Waals surface area contributed by atoms with Crippen molar-refractivity contribution in [2.75, 3.05) is 5.32 Å². The van der Waals surface area contributed by atoms with Gasteiger partial charge in [0.25, 0.3) is 0 Å². The van der Waals surface area contributed by atoms with Gasteiger partial charge >= 0.3 is 11.8 Å². The summed E-state index contributed by atoms with van der Waals surface area (Å²) in [5.74, 6) is -2.58. The van der Waals surface area contributed by atoms with E-state index in [1.807, 2.05) is 0 Å². The van der Waals surface area contributed by atoms with Gasteiger partial charge in [-0.15, -0.1) is 0 Å². The molecule has 3 amide bonds. The van der Waals surface area contributed by atoms with Crippen LogP contribution in [0, 0.1) is 5.82 Å². The highest BCUT2D eigenvalue weighted by atomic mass is 35.5. The second-order valence-corrected chi connectivity index (χ2v) is 7.06. The summed E-state index contributed by atoms with van der Waals surface area (Å²) in [5.41, 5.74) is 8.64. The third-order valence-corrected chi connectivity index (χ3v) is 4.67. The molecule has 0 heterocycles. The van der Waals surface area contributed by atoms with Gasteiger partial charge in [0.05, 0.1) is 11.2 Å². The van der Waals surface area contributed by atoms with Crippen LogP contribution in [-0.2, 0) is 16.2 Å². The zero-order valence-corrected chi connectivity index (χ0v) is 17.8. The first kappa shape index (κ1) is 23.4. The van der Waals surface area contributed by atoms with Gasteiger partial charge in [-0.1, -0.05) is 29.8 Å². The van der Waals surface area contributed by atoms with Crippen LogP contribution in [0.25, 0.3) is 0 Å². The molecule has 8 nitrogen and oxygen atoms in total.